The third-order valence-corrected chi connectivity index (χ3v) is 14.6. The van der Waals surface area contributed by atoms with Gasteiger partial charge in [0.05, 0.1) is 17.3 Å². The van der Waals surface area contributed by atoms with Gasteiger partial charge in [0.1, 0.15) is 16.7 Å². The summed E-state index contributed by atoms with van der Waals surface area (Å²) < 4.78 is 39.4. The molecule has 0 atom stereocenters. The van der Waals surface area contributed by atoms with E-state index in [0.29, 0.717) is 5.69 Å². The van der Waals surface area contributed by atoms with Gasteiger partial charge in [-0.05, 0) is 93.8 Å². The van der Waals surface area contributed by atoms with Crippen LogP contribution in [0.4, 0.5) is 0 Å². The van der Waals surface area contributed by atoms with Crippen molar-refractivity contribution in [3.8, 4) is 33.8 Å². The van der Waals surface area contributed by atoms with Gasteiger partial charge < -0.3 is 32.6 Å². The topological polar surface area (TPSA) is 73.8 Å². The molecule has 0 spiro atoms. The van der Waals surface area contributed by atoms with Gasteiger partial charge in [0.2, 0.25) is 0 Å². The van der Waals surface area contributed by atoms with Gasteiger partial charge in [-0.15, -0.1) is 83.4 Å². The first-order valence-electron chi connectivity index (χ1n) is 26.2. The van der Waals surface area contributed by atoms with Crippen molar-refractivity contribution in [1.82, 2.24) is 23.8 Å². The van der Waals surface area contributed by atoms with Crippen molar-refractivity contribution in [2.75, 3.05) is 0 Å². The summed E-state index contributed by atoms with van der Waals surface area (Å²) in [5.74, 6) is 0. The fourth-order valence-corrected chi connectivity index (χ4v) is 11.4. The molecule has 7 nitrogen and oxygen atoms in total. The van der Waals surface area contributed by atoms with E-state index in [-0.39, 0.29) is 25.7 Å². The molecule has 0 N–H and O–H groups in total. The molecule has 0 fully saturated rings. The van der Waals surface area contributed by atoms with Crippen molar-refractivity contribution < 1.29 is 33.1 Å². The monoisotopic (exact) mass is 1150 g/mol. The number of hydrogen-bond acceptors (Lipinski definition) is 5. The van der Waals surface area contributed by atoms with Gasteiger partial charge in [0.25, 0.3) is 0 Å². The van der Waals surface area contributed by atoms with Crippen molar-refractivity contribution in [2.45, 2.75) is 6.85 Å². The van der Waals surface area contributed by atoms with E-state index in [1.54, 1.807) is 24.6 Å². The van der Waals surface area contributed by atoms with Gasteiger partial charge in [-0.2, -0.15) is 0 Å². The van der Waals surface area contributed by atoms with Gasteiger partial charge in [0, 0.05) is 77.0 Å². The van der Waals surface area contributed by atoms with E-state index in [1.165, 1.54) is 55.1 Å². The van der Waals surface area contributed by atoms with Crippen LogP contribution in [-0.2, 0) is 20.1 Å². The van der Waals surface area contributed by atoms with Crippen LogP contribution in [0.25, 0.3) is 149 Å². The van der Waals surface area contributed by atoms with E-state index in [4.69, 9.17) is 12.9 Å². The second-order valence-corrected chi connectivity index (χ2v) is 18.7. The maximum atomic E-state index is 7.60. The first-order chi connectivity index (χ1) is 38.3. The summed E-state index contributed by atoms with van der Waals surface area (Å²) in [7, 11) is 0. The molecule has 17 aromatic rings. The van der Waals surface area contributed by atoms with Crippen LogP contribution in [-0.4, -0.2) is 23.8 Å². The minimum absolute atomic E-state index is 0. The molecule has 0 aliphatic heterocycles. The molecule has 17 rings (SSSR count). The SMILES string of the molecule is C=Cc1coc2ccc3c(c4cccc5c6cc(-c7ccccn7)[c-]cc6n3c54)c12.[2H]C([2H])([2H])c1ccc(-c2[c-]cc3c(c2)c2cccc4c5c6c(ccc5n3c24)oc2ccccc26)nc1.[Ir+3].[c-]1ccccc1-c1ccccn1. The molecule has 358 valence electrons. The van der Waals surface area contributed by atoms with Gasteiger partial charge in [-0.1, -0.05) is 114 Å². The number of pyridine rings is 3. The second-order valence-electron chi connectivity index (χ2n) is 18.7. The second kappa shape index (κ2) is 17.9. The molecule has 0 bridgehead atoms. The molecular weight excluding hydrogens is 1110 g/mol. The van der Waals surface area contributed by atoms with Crippen LogP contribution in [0.15, 0.2) is 222 Å². The third kappa shape index (κ3) is 6.88. The van der Waals surface area contributed by atoms with Crippen LogP contribution in [0.2, 0.25) is 0 Å². The largest absolute Gasteiger partial charge is 3.00 e. The Balaban J connectivity index is 0.000000118. The summed E-state index contributed by atoms with van der Waals surface area (Å²) in [5, 5.41) is 13.0. The summed E-state index contributed by atoms with van der Waals surface area (Å²) >= 11 is 0. The maximum absolute atomic E-state index is 7.60. The average Bonchev–Trinajstić information content (AvgIpc) is 3.47. The fraction of sp³-hybridized carbons (Fsp3) is 0.0147. The van der Waals surface area contributed by atoms with Gasteiger partial charge in [-0.3, -0.25) is 0 Å². The van der Waals surface area contributed by atoms with Gasteiger partial charge >= 0.3 is 20.1 Å². The third-order valence-electron chi connectivity index (χ3n) is 14.6. The Morgan fingerprint density at radius 2 is 1.08 bits per heavy atom. The Bertz CT molecular complexity index is 5110. The molecule has 8 aromatic carbocycles. The molecule has 0 saturated carbocycles. The number of aryl methyl sites for hydroxylation is 1. The van der Waals surface area contributed by atoms with E-state index < -0.39 is 6.85 Å². The molecule has 0 saturated heterocycles. The molecule has 0 aliphatic rings. The van der Waals surface area contributed by atoms with Crippen LogP contribution in [0, 0.1) is 25.1 Å². The molecule has 0 amide bonds. The minimum atomic E-state index is -2.17. The van der Waals surface area contributed by atoms with E-state index in [0.717, 1.165) is 93.9 Å². The first kappa shape index (κ1) is 42.0. The number of aromatic nitrogens is 5. The zero-order valence-electron chi connectivity index (χ0n) is 43.3. The standard InChI is InChI=1S/C30H17N2O.C27H15N2O.C11H8N.Ir/c1-17-9-11-23(31-16-17)18-10-12-24-22(15-18)19-6-4-7-21-28-25(32(24)30(19)21)13-14-27-29(28)20-5-2-3-8-26(20)33-27;1-2-16-15-30-24-12-11-23-26(25(16)24)19-7-5-6-18-20-14-17(21-8-3-4-13-28-21)9-10-22(20)29(23)27(18)19;1-2-6-10(7-3-1)11-8-4-5-9-12-11;/h2-9,11-16H,1H3;2-8,10-15H,1H2;1-6,8-9H;/q3*-1;+3/i1D3;;;. The number of furan rings is 2. The number of fused-ring (bicyclic) bond motifs is 18. The number of rotatable bonds is 4. The summed E-state index contributed by atoms with van der Waals surface area (Å²) in [5.41, 5.74) is 16.4. The maximum Gasteiger partial charge on any atom is 3.00 e. The Morgan fingerprint density at radius 1 is 0.487 bits per heavy atom. The molecular formula is C68H40IrN5O2. The number of benzene rings is 8. The van der Waals surface area contributed by atoms with E-state index in [1.807, 2.05) is 91.1 Å². The summed E-state index contributed by atoms with van der Waals surface area (Å²) in [6.07, 6.45) is 8.70. The molecule has 0 aliphatic carbocycles. The summed E-state index contributed by atoms with van der Waals surface area (Å²) in [6, 6.07) is 71.0. The Labute approximate surface area is 452 Å². The van der Waals surface area contributed by atoms with Crippen LogP contribution < -0.4 is 0 Å². The molecule has 0 radical (unpaired) electrons. The van der Waals surface area contributed by atoms with Crippen molar-refractivity contribution in [3.05, 3.63) is 243 Å². The predicted molar refractivity (Wildman–Crippen MR) is 307 cm³/mol. The normalized spacial score (nSPS) is 12.4. The number of para-hydroxylation sites is 3. The zero-order valence-corrected chi connectivity index (χ0v) is 42.7. The van der Waals surface area contributed by atoms with Crippen LogP contribution in [0.3, 0.4) is 0 Å². The van der Waals surface area contributed by atoms with Crippen molar-refractivity contribution >= 4 is 115 Å². The predicted octanol–water partition coefficient (Wildman–Crippen LogP) is 17.5. The van der Waals surface area contributed by atoms with E-state index in [2.05, 4.69) is 140 Å². The quantitative estimate of drug-likeness (QED) is 0.164. The van der Waals surface area contributed by atoms with Crippen molar-refractivity contribution in [1.29, 1.82) is 0 Å². The first-order valence-corrected chi connectivity index (χ1v) is 24.7. The van der Waals surface area contributed by atoms with Crippen LogP contribution >= 0.6 is 0 Å². The Kier molecular flexibility index (Phi) is 9.87. The van der Waals surface area contributed by atoms with Crippen molar-refractivity contribution in [3.63, 3.8) is 0 Å². The number of nitrogens with zero attached hydrogens (tertiary/aromatic N) is 5. The van der Waals surface area contributed by atoms with Gasteiger partial charge in [-0.25, -0.2) is 0 Å². The van der Waals surface area contributed by atoms with Crippen LogP contribution in [0.1, 0.15) is 15.2 Å². The summed E-state index contributed by atoms with van der Waals surface area (Å²) in [4.78, 5) is 13.1. The van der Waals surface area contributed by atoms with Crippen LogP contribution in [0.5, 0.6) is 0 Å². The number of hydrogen-bond donors (Lipinski definition) is 0. The smallest absolute Gasteiger partial charge is 0.464 e. The van der Waals surface area contributed by atoms with E-state index in [9.17, 15) is 0 Å². The Morgan fingerprint density at radius 3 is 1.68 bits per heavy atom. The fourth-order valence-electron chi connectivity index (χ4n) is 11.4. The van der Waals surface area contributed by atoms with Crippen molar-refractivity contribution in [2.24, 2.45) is 0 Å². The molecule has 0 unspecified atom stereocenters. The molecule has 9 heterocycles. The van der Waals surface area contributed by atoms with E-state index >= 15 is 0 Å². The molecule has 8 heteroatoms. The summed E-state index contributed by atoms with van der Waals surface area (Å²) in [6.45, 7) is 1.81. The zero-order chi connectivity index (χ0) is 52.2. The van der Waals surface area contributed by atoms with Gasteiger partial charge in [0.15, 0.2) is 0 Å². The minimum Gasteiger partial charge on any atom is -0.464 e. The Hall–Kier alpha value is -9.46. The molecule has 9 aromatic heterocycles. The average molecular weight is 1150 g/mol. The molecule has 76 heavy (non-hydrogen) atoms.